The van der Waals surface area contributed by atoms with Gasteiger partial charge in [0.1, 0.15) is 6.04 Å². The quantitative estimate of drug-likeness (QED) is 0.624. The lowest BCUT2D eigenvalue weighted by molar-refractivity contribution is -0.152. The van der Waals surface area contributed by atoms with Crippen LogP contribution in [0.2, 0.25) is 0 Å². The van der Waals surface area contributed by atoms with Crippen LogP contribution in [0.25, 0.3) is 0 Å². The number of carboxylic acid groups (broad SMARTS) is 1. The number of rotatable bonds is 5. The van der Waals surface area contributed by atoms with E-state index in [0.29, 0.717) is 5.75 Å². The van der Waals surface area contributed by atoms with Crippen molar-refractivity contribution in [1.29, 1.82) is 0 Å². The summed E-state index contributed by atoms with van der Waals surface area (Å²) in [5.41, 5.74) is 0.719. The van der Waals surface area contributed by atoms with Gasteiger partial charge in [-0.1, -0.05) is 37.3 Å². The van der Waals surface area contributed by atoms with Crippen LogP contribution in [0.3, 0.4) is 0 Å². The third-order valence-electron chi connectivity index (χ3n) is 4.37. The number of methoxy groups -OCH3 is 1. The molecule has 0 radical (unpaired) electrons. The number of benzene rings is 1. The van der Waals surface area contributed by atoms with Crippen molar-refractivity contribution in [3.63, 3.8) is 0 Å². The van der Waals surface area contributed by atoms with Gasteiger partial charge in [-0.15, -0.1) is 0 Å². The van der Waals surface area contributed by atoms with Crippen LogP contribution in [0.4, 0.5) is 0 Å². The van der Waals surface area contributed by atoms with Gasteiger partial charge >= 0.3 is 11.9 Å². The fourth-order valence-corrected chi connectivity index (χ4v) is 3.29. The number of hydrogen-bond acceptors (Lipinski definition) is 5. The molecule has 0 spiro atoms. The van der Waals surface area contributed by atoms with Crippen molar-refractivity contribution >= 4 is 30.5 Å². The number of amides is 1. The van der Waals surface area contributed by atoms with E-state index in [2.05, 4.69) is 12.6 Å². The zero-order valence-electron chi connectivity index (χ0n) is 13.6. The van der Waals surface area contributed by atoms with Gasteiger partial charge in [0.2, 0.25) is 5.91 Å². The van der Waals surface area contributed by atoms with Crippen LogP contribution in [0.1, 0.15) is 24.9 Å². The smallest absolute Gasteiger partial charge is 0.326 e. The van der Waals surface area contributed by atoms with Crippen LogP contribution in [0.5, 0.6) is 0 Å². The topological polar surface area (TPSA) is 83.9 Å². The van der Waals surface area contributed by atoms with Gasteiger partial charge in [0, 0.05) is 11.7 Å². The summed E-state index contributed by atoms with van der Waals surface area (Å²) in [6, 6.07) is 7.27. The number of carbonyl (C=O) groups is 3. The number of esters is 1. The van der Waals surface area contributed by atoms with Gasteiger partial charge in [0.25, 0.3) is 0 Å². The van der Waals surface area contributed by atoms with Crippen LogP contribution in [0.15, 0.2) is 30.3 Å². The molecule has 1 saturated heterocycles. The van der Waals surface area contributed by atoms with Gasteiger partial charge in [-0.25, -0.2) is 4.79 Å². The minimum absolute atomic E-state index is 0.0343. The normalized spacial score (nSPS) is 24.5. The van der Waals surface area contributed by atoms with E-state index >= 15 is 0 Å². The van der Waals surface area contributed by atoms with Gasteiger partial charge < -0.3 is 14.7 Å². The molecule has 1 amide bonds. The molecular weight excluding hydrogens is 330 g/mol. The maximum atomic E-state index is 12.8. The molecule has 1 aliphatic rings. The first-order chi connectivity index (χ1) is 11.4. The van der Waals surface area contributed by atoms with E-state index in [1.165, 1.54) is 12.0 Å². The molecule has 1 aromatic carbocycles. The van der Waals surface area contributed by atoms with Crippen molar-refractivity contribution in [2.45, 2.75) is 25.4 Å². The Morgan fingerprint density at radius 3 is 2.46 bits per heavy atom. The molecule has 2 rings (SSSR count). The second kappa shape index (κ2) is 7.70. The summed E-state index contributed by atoms with van der Waals surface area (Å²) in [6.45, 7) is 1.70. The van der Waals surface area contributed by atoms with Gasteiger partial charge in [0.05, 0.1) is 19.1 Å². The lowest BCUT2D eigenvalue weighted by Gasteiger charge is -2.32. The molecule has 0 aromatic heterocycles. The highest BCUT2D eigenvalue weighted by Gasteiger charge is 2.51. The van der Waals surface area contributed by atoms with Crippen LogP contribution >= 0.6 is 12.6 Å². The lowest BCUT2D eigenvalue weighted by Crippen LogP contribution is -2.45. The molecule has 3 unspecified atom stereocenters. The van der Waals surface area contributed by atoms with Gasteiger partial charge in [-0.05, 0) is 12.0 Å². The number of carboxylic acids is 1. The fourth-order valence-electron chi connectivity index (χ4n) is 3.13. The average molecular weight is 351 g/mol. The van der Waals surface area contributed by atoms with E-state index in [4.69, 9.17) is 4.74 Å². The van der Waals surface area contributed by atoms with E-state index < -0.39 is 35.9 Å². The van der Waals surface area contributed by atoms with Gasteiger partial charge in [-0.2, -0.15) is 12.6 Å². The summed E-state index contributed by atoms with van der Waals surface area (Å²) < 4.78 is 4.84. The number of carbonyl (C=O) groups excluding carboxylic acids is 2. The Bertz CT molecular complexity index is 621. The molecule has 6 nitrogen and oxygen atoms in total. The molecule has 1 aromatic rings. The summed E-state index contributed by atoms with van der Waals surface area (Å²) in [4.78, 5) is 38.0. The summed E-state index contributed by atoms with van der Waals surface area (Å²) in [6.07, 6.45) is 0.0343. The van der Waals surface area contributed by atoms with Crippen molar-refractivity contribution in [3.05, 3.63) is 35.9 Å². The Kier molecular flexibility index (Phi) is 5.88. The maximum absolute atomic E-state index is 12.8. The molecular formula is C17H21NO5S. The van der Waals surface area contributed by atoms with E-state index in [-0.39, 0.29) is 12.3 Å². The van der Waals surface area contributed by atoms with Crippen LogP contribution < -0.4 is 0 Å². The van der Waals surface area contributed by atoms with Crippen molar-refractivity contribution < 1.29 is 24.2 Å². The van der Waals surface area contributed by atoms with E-state index in [0.717, 1.165) is 5.56 Å². The van der Waals surface area contributed by atoms with Crippen molar-refractivity contribution in [1.82, 2.24) is 4.90 Å². The third kappa shape index (κ3) is 3.40. The highest BCUT2D eigenvalue weighted by molar-refractivity contribution is 7.80. The van der Waals surface area contributed by atoms with E-state index in [1.54, 1.807) is 31.2 Å². The first kappa shape index (κ1) is 18.3. The zero-order valence-corrected chi connectivity index (χ0v) is 14.5. The number of aliphatic carboxylic acids is 1. The number of thiol groups is 1. The minimum atomic E-state index is -1.12. The molecule has 4 atom stereocenters. The van der Waals surface area contributed by atoms with Gasteiger partial charge in [0.15, 0.2) is 0 Å². The molecule has 24 heavy (non-hydrogen) atoms. The van der Waals surface area contributed by atoms with Crippen molar-refractivity contribution in [3.8, 4) is 0 Å². The predicted molar refractivity (Wildman–Crippen MR) is 90.6 cm³/mol. The second-order valence-electron chi connectivity index (χ2n) is 5.90. The second-order valence-corrected chi connectivity index (χ2v) is 6.27. The molecule has 1 fully saturated rings. The highest BCUT2D eigenvalue weighted by Crippen LogP contribution is 2.42. The SMILES string of the molecule is COC(=O)C1CC(C(=O)O)N(C(=O)[C@H](C)CS)C1c1ccccc1. The molecule has 0 aliphatic carbocycles. The minimum Gasteiger partial charge on any atom is -0.480 e. The van der Waals surface area contributed by atoms with Crippen LogP contribution in [0, 0.1) is 11.8 Å². The summed E-state index contributed by atoms with van der Waals surface area (Å²) in [5, 5.41) is 9.56. The van der Waals surface area contributed by atoms with Crippen molar-refractivity contribution in [2.75, 3.05) is 12.9 Å². The Morgan fingerprint density at radius 2 is 1.96 bits per heavy atom. The number of hydrogen-bond donors (Lipinski definition) is 2. The maximum Gasteiger partial charge on any atom is 0.326 e. The zero-order chi connectivity index (χ0) is 17.9. The van der Waals surface area contributed by atoms with Crippen LogP contribution in [-0.2, 0) is 19.1 Å². The Labute approximate surface area is 146 Å². The lowest BCUT2D eigenvalue weighted by atomic mass is 9.93. The summed E-state index contributed by atoms with van der Waals surface area (Å²) >= 11 is 4.14. The number of nitrogens with zero attached hydrogens (tertiary/aromatic N) is 1. The fraction of sp³-hybridized carbons (Fsp3) is 0.471. The molecule has 1 aliphatic heterocycles. The summed E-state index contributed by atoms with van der Waals surface area (Å²) in [5.74, 6) is -2.82. The molecule has 1 N–H and O–H groups in total. The third-order valence-corrected chi connectivity index (χ3v) is 4.92. The van der Waals surface area contributed by atoms with Crippen LogP contribution in [-0.4, -0.2) is 46.8 Å². The largest absolute Gasteiger partial charge is 0.480 e. The Hall–Kier alpha value is -2.02. The number of ether oxygens (including phenoxy) is 1. The predicted octanol–water partition coefficient (Wildman–Crippen LogP) is 1.77. The first-order valence-corrected chi connectivity index (χ1v) is 8.34. The summed E-state index contributed by atoms with van der Waals surface area (Å²) in [7, 11) is 1.26. The molecule has 1 heterocycles. The van der Waals surface area contributed by atoms with E-state index in [9.17, 15) is 19.5 Å². The van der Waals surface area contributed by atoms with E-state index in [1.807, 2.05) is 6.07 Å². The van der Waals surface area contributed by atoms with Gasteiger partial charge in [-0.3, -0.25) is 9.59 Å². The molecule has 0 bridgehead atoms. The number of likely N-dealkylation sites (tertiary alicyclic amines) is 1. The monoisotopic (exact) mass is 351 g/mol. The molecule has 7 heteroatoms. The first-order valence-electron chi connectivity index (χ1n) is 7.71. The standard InChI is InChI=1S/C17H21NO5S/c1-10(9-24)15(19)18-13(16(20)21)8-12(17(22)23-2)14(18)11-6-4-3-5-7-11/h3-7,10,12-14,24H,8-9H2,1-2H3,(H,20,21)/t10-,12?,13?,14?/m1/s1. The molecule has 0 saturated carbocycles. The Balaban J connectivity index is 2.52. The Morgan fingerprint density at radius 1 is 1.33 bits per heavy atom. The highest BCUT2D eigenvalue weighted by atomic mass is 32.1. The average Bonchev–Trinajstić information content (AvgIpc) is 3.01. The van der Waals surface area contributed by atoms with Crippen molar-refractivity contribution in [2.24, 2.45) is 11.8 Å². The molecule has 130 valence electrons.